The van der Waals surface area contributed by atoms with Gasteiger partial charge in [0.25, 0.3) is 0 Å². The van der Waals surface area contributed by atoms with Crippen molar-refractivity contribution in [3.63, 3.8) is 0 Å². The van der Waals surface area contributed by atoms with E-state index in [1.165, 1.54) is 18.2 Å². The van der Waals surface area contributed by atoms with Crippen molar-refractivity contribution in [2.24, 2.45) is 0 Å². The molecule has 0 unspecified atom stereocenters. The Kier molecular flexibility index (Phi) is 4.71. The first kappa shape index (κ1) is 17.6. The quantitative estimate of drug-likeness (QED) is 0.722. The predicted molar refractivity (Wildman–Crippen MR) is 93.8 cm³/mol. The van der Waals surface area contributed by atoms with Crippen LogP contribution >= 0.6 is 0 Å². The molecule has 0 spiro atoms. The van der Waals surface area contributed by atoms with Gasteiger partial charge >= 0.3 is 0 Å². The molecule has 3 N–H and O–H groups in total. The van der Waals surface area contributed by atoms with Crippen molar-refractivity contribution in [1.82, 2.24) is 4.72 Å². The molecule has 3 rings (SSSR count). The summed E-state index contributed by atoms with van der Waals surface area (Å²) >= 11 is 0. The summed E-state index contributed by atoms with van der Waals surface area (Å²) in [6.45, 7) is -0.490. The summed E-state index contributed by atoms with van der Waals surface area (Å²) in [6.07, 6.45) is 0.115. The van der Waals surface area contributed by atoms with Crippen LogP contribution in [-0.2, 0) is 26.0 Å². The summed E-state index contributed by atoms with van der Waals surface area (Å²) < 4.78 is 26.9. The third-order valence-electron chi connectivity index (χ3n) is 3.76. The zero-order valence-electron chi connectivity index (χ0n) is 13.4. The van der Waals surface area contributed by atoms with E-state index in [1.807, 2.05) is 6.07 Å². The molecule has 2 aromatic carbocycles. The van der Waals surface area contributed by atoms with Crippen LogP contribution in [0.1, 0.15) is 11.1 Å². The molecule has 0 fully saturated rings. The minimum atomic E-state index is -3.92. The van der Waals surface area contributed by atoms with Crippen molar-refractivity contribution in [2.45, 2.75) is 11.3 Å². The minimum Gasteiger partial charge on any atom is -0.326 e. The molecule has 0 aliphatic carbocycles. The van der Waals surface area contributed by atoms with Gasteiger partial charge in [-0.05, 0) is 35.9 Å². The van der Waals surface area contributed by atoms with Crippen molar-refractivity contribution in [3.05, 3.63) is 53.6 Å². The number of carbonyl (C=O) groups is 2. The van der Waals surface area contributed by atoms with Crippen LogP contribution in [0.2, 0.25) is 0 Å². The first-order valence-electron chi connectivity index (χ1n) is 7.60. The van der Waals surface area contributed by atoms with Gasteiger partial charge in [0.2, 0.25) is 21.8 Å². The lowest BCUT2D eigenvalue weighted by molar-refractivity contribution is -0.115. The summed E-state index contributed by atoms with van der Waals surface area (Å²) in [5.74, 6) is -0.799. The number of para-hydroxylation sites is 1. The third kappa shape index (κ3) is 3.72. The molecule has 9 heteroatoms. The molecule has 1 aliphatic heterocycles. The van der Waals surface area contributed by atoms with Gasteiger partial charge < -0.3 is 10.6 Å². The highest BCUT2D eigenvalue weighted by atomic mass is 32.2. The Hall–Kier alpha value is -3.22. The number of rotatable bonds is 5. The van der Waals surface area contributed by atoms with E-state index in [9.17, 15) is 18.0 Å². The monoisotopic (exact) mass is 370 g/mol. The molecule has 26 heavy (non-hydrogen) atoms. The minimum absolute atomic E-state index is 0.0297. The molecule has 0 bridgehead atoms. The fourth-order valence-corrected chi connectivity index (χ4v) is 3.53. The van der Waals surface area contributed by atoms with E-state index in [1.54, 1.807) is 24.3 Å². The maximum absolute atomic E-state index is 12.3. The molecule has 0 saturated heterocycles. The van der Waals surface area contributed by atoms with E-state index in [2.05, 4.69) is 15.4 Å². The van der Waals surface area contributed by atoms with Crippen LogP contribution in [0.4, 0.5) is 11.4 Å². The van der Waals surface area contributed by atoms with E-state index in [0.717, 1.165) is 0 Å². The number of carbonyl (C=O) groups excluding carboxylic acids is 2. The van der Waals surface area contributed by atoms with Crippen molar-refractivity contribution < 1.29 is 18.0 Å². The summed E-state index contributed by atoms with van der Waals surface area (Å²) in [5, 5.41) is 14.1. The second-order valence-corrected chi connectivity index (χ2v) is 7.34. The second-order valence-electron chi connectivity index (χ2n) is 5.57. The van der Waals surface area contributed by atoms with Crippen LogP contribution in [0, 0.1) is 11.3 Å². The molecule has 0 atom stereocenters. The van der Waals surface area contributed by atoms with Gasteiger partial charge in [0, 0.05) is 5.69 Å². The summed E-state index contributed by atoms with van der Waals surface area (Å²) in [5.41, 5.74) is 1.76. The largest absolute Gasteiger partial charge is 0.326 e. The highest BCUT2D eigenvalue weighted by Gasteiger charge is 2.22. The van der Waals surface area contributed by atoms with Crippen LogP contribution in [-0.4, -0.2) is 26.8 Å². The van der Waals surface area contributed by atoms with E-state index in [-0.39, 0.29) is 22.8 Å². The molecule has 2 amide bonds. The van der Waals surface area contributed by atoms with Gasteiger partial charge in [-0.15, -0.1) is 0 Å². The average Bonchev–Trinajstić information content (AvgIpc) is 2.99. The molecule has 132 valence electrons. The first-order valence-corrected chi connectivity index (χ1v) is 9.09. The fourth-order valence-electron chi connectivity index (χ4n) is 2.50. The van der Waals surface area contributed by atoms with E-state index >= 15 is 0 Å². The van der Waals surface area contributed by atoms with Gasteiger partial charge in [0.1, 0.15) is 6.07 Å². The number of fused-ring (bicyclic) bond motifs is 1. The number of hydrogen-bond donors (Lipinski definition) is 3. The van der Waals surface area contributed by atoms with Crippen molar-refractivity contribution in [3.8, 4) is 6.07 Å². The Morgan fingerprint density at radius 1 is 1.23 bits per heavy atom. The smallest absolute Gasteiger partial charge is 0.241 e. The number of amides is 2. The van der Waals surface area contributed by atoms with Gasteiger partial charge in [-0.3, -0.25) is 9.59 Å². The Morgan fingerprint density at radius 2 is 2.00 bits per heavy atom. The van der Waals surface area contributed by atoms with E-state index in [0.29, 0.717) is 16.9 Å². The van der Waals surface area contributed by atoms with Gasteiger partial charge in [-0.25, -0.2) is 13.1 Å². The van der Waals surface area contributed by atoms with Crippen LogP contribution in [0.3, 0.4) is 0 Å². The van der Waals surface area contributed by atoms with Crippen molar-refractivity contribution in [2.75, 3.05) is 17.2 Å². The maximum atomic E-state index is 12.3. The molecule has 0 aromatic heterocycles. The van der Waals surface area contributed by atoms with Gasteiger partial charge in [-0.1, -0.05) is 12.1 Å². The number of nitrogens with one attached hydrogen (secondary N) is 3. The molecule has 8 nitrogen and oxygen atoms in total. The number of hydrogen-bond acceptors (Lipinski definition) is 5. The summed E-state index contributed by atoms with van der Waals surface area (Å²) in [6, 6.07) is 12.6. The van der Waals surface area contributed by atoms with Crippen LogP contribution in [0.15, 0.2) is 47.4 Å². The number of nitrogens with zero attached hydrogens (tertiary/aromatic N) is 1. The highest BCUT2D eigenvalue weighted by molar-refractivity contribution is 7.89. The van der Waals surface area contributed by atoms with Crippen LogP contribution in [0.25, 0.3) is 0 Å². The first-order chi connectivity index (χ1) is 12.4. The molecule has 1 heterocycles. The Balaban J connectivity index is 1.67. The van der Waals surface area contributed by atoms with Gasteiger partial charge in [-0.2, -0.15) is 5.26 Å². The van der Waals surface area contributed by atoms with Gasteiger partial charge in [0.15, 0.2) is 0 Å². The number of anilines is 2. The molecular formula is C17H14N4O4S. The van der Waals surface area contributed by atoms with E-state index in [4.69, 9.17) is 5.26 Å². The second kappa shape index (κ2) is 6.95. The van der Waals surface area contributed by atoms with Crippen molar-refractivity contribution >= 4 is 33.2 Å². The molecule has 1 aliphatic rings. The standard InChI is InChI=1S/C17H14N4O4S/c18-9-11-3-1-2-4-14(11)21-17(23)10-19-26(24,25)13-5-6-15-12(7-13)8-16(22)20-15/h1-7,19H,8,10H2,(H,20,22)(H,21,23). The Bertz CT molecular complexity index is 1040. The summed E-state index contributed by atoms with van der Waals surface area (Å²) in [7, 11) is -3.92. The normalized spacial score (nSPS) is 12.8. The third-order valence-corrected chi connectivity index (χ3v) is 5.16. The fraction of sp³-hybridized carbons (Fsp3) is 0.118. The zero-order chi connectivity index (χ0) is 18.7. The van der Waals surface area contributed by atoms with Crippen LogP contribution < -0.4 is 15.4 Å². The highest BCUT2D eigenvalue weighted by Crippen LogP contribution is 2.25. The topological polar surface area (TPSA) is 128 Å². The SMILES string of the molecule is N#Cc1ccccc1NC(=O)CNS(=O)(=O)c1ccc2c(c1)CC(=O)N2. The molecule has 0 saturated carbocycles. The van der Waals surface area contributed by atoms with E-state index < -0.39 is 22.5 Å². The Morgan fingerprint density at radius 3 is 2.77 bits per heavy atom. The summed E-state index contributed by atoms with van der Waals surface area (Å²) in [4.78, 5) is 23.3. The van der Waals surface area contributed by atoms with Crippen molar-refractivity contribution in [1.29, 1.82) is 5.26 Å². The van der Waals surface area contributed by atoms with Gasteiger partial charge in [0.05, 0.1) is 29.1 Å². The van der Waals surface area contributed by atoms with Crippen LogP contribution in [0.5, 0.6) is 0 Å². The molecule has 2 aromatic rings. The number of sulfonamides is 1. The lowest BCUT2D eigenvalue weighted by Gasteiger charge is -2.09. The zero-order valence-corrected chi connectivity index (χ0v) is 14.3. The maximum Gasteiger partial charge on any atom is 0.241 e. The lowest BCUT2D eigenvalue weighted by atomic mass is 10.2. The Labute approximate surface area is 149 Å². The predicted octanol–water partition coefficient (Wildman–Crippen LogP) is 0.970. The number of benzene rings is 2. The molecular weight excluding hydrogens is 356 g/mol. The molecule has 0 radical (unpaired) electrons. The lowest BCUT2D eigenvalue weighted by Crippen LogP contribution is -2.33. The number of nitriles is 1. The average molecular weight is 370 g/mol.